The maximum absolute atomic E-state index is 12.8. The van der Waals surface area contributed by atoms with Crippen molar-refractivity contribution in [3.63, 3.8) is 0 Å². The average molecular weight is 342 g/mol. The van der Waals surface area contributed by atoms with Gasteiger partial charge in [0.2, 0.25) is 5.91 Å². The van der Waals surface area contributed by atoms with Gasteiger partial charge in [0.25, 0.3) is 0 Å². The third-order valence-corrected chi connectivity index (χ3v) is 6.09. The van der Waals surface area contributed by atoms with Crippen molar-refractivity contribution in [1.82, 2.24) is 19.9 Å². The second-order valence-corrected chi connectivity index (χ2v) is 7.59. The summed E-state index contributed by atoms with van der Waals surface area (Å²) in [6, 6.07) is 2.26. The van der Waals surface area contributed by atoms with E-state index in [1.807, 2.05) is 5.38 Å². The zero-order chi connectivity index (χ0) is 16.4. The molecule has 0 unspecified atom stereocenters. The van der Waals surface area contributed by atoms with Crippen LogP contribution in [0.3, 0.4) is 0 Å². The van der Waals surface area contributed by atoms with Crippen LogP contribution in [0.2, 0.25) is 0 Å². The summed E-state index contributed by atoms with van der Waals surface area (Å²) >= 11 is 1.51. The summed E-state index contributed by atoms with van der Waals surface area (Å²) in [4.78, 5) is 27.9. The van der Waals surface area contributed by atoms with Crippen LogP contribution in [0.15, 0.2) is 23.8 Å². The van der Waals surface area contributed by atoms with Gasteiger partial charge in [0.1, 0.15) is 0 Å². The monoisotopic (exact) mass is 342 g/mol. The predicted octanol–water partition coefficient (Wildman–Crippen LogP) is 3.32. The van der Waals surface area contributed by atoms with Crippen LogP contribution >= 0.6 is 11.3 Å². The highest BCUT2D eigenvalue weighted by Crippen LogP contribution is 2.35. The summed E-state index contributed by atoms with van der Waals surface area (Å²) in [5.74, 6) is 1.58. The SMILES string of the molecule is O=C(Cc1csc(-c2ncccn2)n1)N1CCC[C@H]1C1CCCC1. The Labute approximate surface area is 146 Å². The molecule has 2 aromatic heterocycles. The number of thiazole rings is 1. The number of carbonyl (C=O) groups is 1. The van der Waals surface area contributed by atoms with E-state index in [0.717, 1.165) is 29.6 Å². The lowest BCUT2D eigenvalue weighted by Crippen LogP contribution is -2.40. The highest BCUT2D eigenvalue weighted by atomic mass is 32.1. The highest BCUT2D eigenvalue weighted by Gasteiger charge is 2.35. The summed E-state index contributed by atoms with van der Waals surface area (Å²) in [7, 11) is 0. The van der Waals surface area contributed by atoms with Gasteiger partial charge in [-0.25, -0.2) is 15.0 Å². The van der Waals surface area contributed by atoms with Crippen molar-refractivity contribution in [3.8, 4) is 10.8 Å². The van der Waals surface area contributed by atoms with E-state index >= 15 is 0 Å². The van der Waals surface area contributed by atoms with Crippen molar-refractivity contribution in [1.29, 1.82) is 0 Å². The van der Waals surface area contributed by atoms with Gasteiger partial charge < -0.3 is 4.90 Å². The first-order chi connectivity index (χ1) is 11.8. The number of carbonyl (C=O) groups excluding carboxylic acids is 1. The molecule has 5 nitrogen and oxygen atoms in total. The number of hydrogen-bond donors (Lipinski definition) is 0. The van der Waals surface area contributed by atoms with Gasteiger partial charge in [-0.15, -0.1) is 11.3 Å². The molecule has 126 valence electrons. The highest BCUT2D eigenvalue weighted by molar-refractivity contribution is 7.13. The first-order valence-corrected chi connectivity index (χ1v) is 9.70. The molecule has 2 fully saturated rings. The third kappa shape index (κ3) is 3.20. The van der Waals surface area contributed by atoms with Gasteiger partial charge in [-0.1, -0.05) is 12.8 Å². The van der Waals surface area contributed by atoms with Crippen LogP contribution in [0.4, 0.5) is 0 Å². The number of likely N-dealkylation sites (tertiary alicyclic amines) is 1. The van der Waals surface area contributed by atoms with Gasteiger partial charge in [0, 0.05) is 30.4 Å². The fourth-order valence-corrected chi connectivity index (χ4v) is 4.86. The maximum atomic E-state index is 12.8. The molecule has 6 heteroatoms. The minimum atomic E-state index is 0.232. The van der Waals surface area contributed by atoms with E-state index in [4.69, 9.17) is 0 Å². The second-order valence-electron chi connectivity index (χ2n) is 6.73. The quantitative estimate of drug-likeness (QED) is 0.855. The van der Waals surface area contributed by atoms with E-state index in [1.165, 1.54) is 43.4 Å². The second kappa shape index (κ2) is 6.97. The first-order valence-electron chi connectivity index (χ1n) is 8.82. The lowest BCUT2D eigenvalue weighted by molar-refractivity contribution is -0.132. The van der Waals surface area contributed by atoms with Crippen LogP contribution in [-0.2, 0) is 11.2 Å². The number of rotatable bonds is 4. The van der Waals surface area contributed by atoms with Crippen LogP contribution in [0.1, 0.15) is 44.2 Å². The molecule has 0 radical (unpaired) electrons. The van der Waals surface area contributed by atoms with Gasteiger partial charge >= 0.3 is 0 Å². The number of aromatic nitrogens is 3. The molecule has 0 bridgehead atoms. The van der Waals surface area contributed by atoms with Gasteiger partial charge in [-0.05, 0) is 37.7 Å². The van der Waals surface area contributed by atoms with E-state index in [1.54, 1.807) is 18.5 Å². The smallest absolute Gasteiger partial charge is 0.228 e. The molecule has 1 amide bonds. The predicted molar refractivity (Wildman–Crippen MR) is 93.5 cm³/mol. The van der Waals surface area contributed by atoms with Gasteiger partial charge in [0.15, 0.2) is 10.8 Å². The molecular formula is C18H22N4OS. The third-order valence-electron chi connectivity index (χ3n) is 5.20. The maximum Gasteiger partial charge on any atom is 0.228 e. The Bertz CT molecular complexity index is 696. The van der Waals surface area contributed by atoms with E-state index < -0.39 is 0 Å². The van der Waals surface area contributed by atoms with Crippen LogP contribution < -0.4 is 0 Å². The normalized spacial score (nSPS) is 21.5. The average Bonchev–Trinajstić information content (AvgIpc) is 3.36. The molecule has 2 aromatic rings. The van der Waals surface area contributed by atoms with Crippen molar-refractivity contribution in [2.45, 2.75) is 51.0 Å². The van der Waals surface area contributed by atoms with E-state index in [9.17, 15) is 4.79 Å². The van der Waals surface area contributed by atoms with Crippen molar-refractivity contribution in [3.05, 3.63) is 29.5 Å². The molecule has 0 spiro atoms. The van der Waals surface area contributed by atoms with Crippen molar-refractivity contribution in [2.24, 2.45) is 5.92 Å². The van der Waals surface area contributed by atoms with Crippen LogP contribution in [0.25, 0.3) is 10.8 Å². The molecule has 1 aliphatic carbocycles. The molecule has 1 aliphatic heterocycles. The first kappa shape index (κ1) is 15.7. The van der Waals surface area contributed by atoms with Gasteiger partial charge in [-0.3, -0.25) is 4.79 Å². The zero-order valence-corrected chi connectivity index (χ0v) is 14.5. The molecule has 3 heterocycles. The van der Waals surface area contributed by atoms with Crippen molar-refractivity contribution < 1.29 is 4.79 Å². The van der Waals surface area contributed by atoms with E-state index in [2.05, 4.69) is 19.9 Å². The Morgan fingerprint density at radius 2 is 1.96 bits per heavy atom. The van der Waals surface area contributed by atoms with Gasteiger partial charge in [0.05, 0.1) is 12.1 Å². The standard InChI is InChI=1S/C18H22N4OS/c23-16(22-10-3-7-15(22)13-5-1-2-6-13)11-14-12-24-18(21-14)17-19-8-4-9-20-17/h4,8-9,12-13,15H,1-3,5-7,10-11H2/t15-/m0/s1. The Balaban J connectivity index is 1.43. The largest absolute Gasteiger partial charge is 0.339 e. The van der Waals surface area contributed by atoms with E-state index in [0.29, 0.717) is 18.3 Å². The lowest BCUT2D eigenvalue weighted by Gasteiger charge is -2.29. The molecule has 1 saturated heterocycles. The van der Waals surface area contributed by atoms with Crippen LogP contribution in [0.5, 0.6) is 0 Å². The molecule has 4 rings (SSSR count). The molecule has 24 heavy (non-hydrogen) atoms. The molecule has 0 aromatic carbocycles. The molecule has 2 aliphatic rings. The fourth-order valence-electron chi connectivity index (χ4n) is 4.09. The number of nitrogens with zero attached hydrogens (tertiary/aromatic N) is 4. The number of amides is 1. The molecular weight excluding hydrogens is 320 g/mol. The Morgan fingerprint density at radius 1 is 1.17 bits per heavy atom. The Kier molecular flexibility index (Phi) is 4.56. The fraction of sp³-hybridized carbons (Fsp3) is 0.556. The minimum absolute atomic E-state index is 0.232. The summed E-state index contributed by atoms with van der Waals surface area (Å²) in [5, 5.41) is 2.75. The molecule has 1 saturated carbocycles. The summed E-state index contributed by atoms with van der Waals surface area (Å²) in [6.45, 7) is 0.915. The summed E-state index contributed by atoms with van der Waals surface area (Å²) in [6.07, 6.45) is 11.4. The van der Waals surface area contributed by atoms with Crippen molar-refractivity contribution in [2.75, 3.05) is 6.54 Å². The lowest BCUT2D eigenvalue weighted by atomic mass is 9.96. The zero-order valence-electron chi connectivity index (χ0n) is 13.7. The Hall–Kier alpha value is -1.82. The topological polar surface area (TPSA) is 59.0 Å². The minimum Gasteiger partial charge on any atom is -0.339 e. The van der Waals surface area contributed by atoms with Crippen molar-refractivity contribution >= 4 is 17.2 Å². The summed E-state index contributed by atoms with van der Waals surface area (Å²) < 4.78 is 0. The summed E-state index contributed by atoms with van der Waals surface area (Å²) in [5.41, 5.74) is 0.838. The molecule has 1 atom stereocenters. The number of hydrogen-bond acceptors (Lipinski definition) is 5. The van der Waals surface area contributed by atoms with E-state index in [-0.39, 0.29) is 5.91 Å². The van der Waals surface area contributed by atoms with Crippen LogP contribution in [-0.4, -0.2) is 38.3 Å². The van der Waals surface area contributed by atoms with Gasteiger partial charge in [-0.2, -0.15) is 0 Å². The Morgan fingerprint density at radius 3 is 2.75 bits per heavy atom. The van der Waals surface area contributed by atoms with Crippen LogP contribution in [0, 0.1) is 5.92 Å². The molecule has 0 N–H and O–H groups in total.